The number of hydrogen-bond donors (Lipinski definition) is 1. The molecule has 1 aromatic rings. The molecule has 1 aliphatic rings. The second-order valence-corrected chi connectivity index (χ2v) is 5.26. The zero-order valence-electron chi connectivity index (χ0n) is 12.4. The maximum Gasteiger partial charge on any atom is 0.0577 e. The van der Waals surface area contributed by atoms with Crippen molar-refractivity contribution in [3.63, 3.8) is 0 Å². The lowest BCUT2D eigenvalue weighted by molar-refractivity contribution is 0.609. The zero-order chi connectivity index (χ0) is 13.8. The van der Waals surface area contributed by atoms with E-state index in [0.29, 0.717) is 11.8 Å². The van der Waals surface area contributed by atoms with Crippen molar-refractivity contribution in [3.05, 3.63) is 53.8 Å². The standard InChI is InChI=1S/C17H24N2/c1-5-14-11-12-16(17(14)13(2)3)19(18-4)15-9-7-6-8-10-15/h6-14,18H,5H2,1-4H3/t14-/m1/s1. The van der Waals surface area contributed by atoms with Gasteiger partial charge in [-0.05, 0) is 36.1 Å². The number of hydrazine groups is 1. The first-order valence-electron chi connectivity index (χ1n) is 7.13. The van der Waals surface area contributed by atoms with Gasteiger partial charge in [-0.15, -0.1) is 0 Å². The van der Waals surface area contributed by atoms with Crippen LogP contribution in [-0.4, -0.2) is 7.05 Å². The van der Waals surface area contributed by atoms with Crippen LogP contribution in [0.25, 0.3) is 0 Å². The van der Waals surface area contributed by atoms with Gasteiger partial charge in [0.25, 0.3) is 0 Å². The van der Waals surface area contributed by atoms with Crippen LogP contribution in [0.1, 0.15) is 27.2 Å². The Balaban J connectivity index is 2.42. The molecule has 1 N–H and O–H groups in total. The minimum atomic E-state index is 0.564. The zero-order valence-corrected chi connectivity index (χ0v) is 12.4. The topological polar surface area (TPSA) is 15.3 Å². The summed E-state index contributed by atoms with van der Waals surface area (Å²) >= 11 is 0. The molecular formula is C17H24N2. The summed E-state index contributed by atoms with van der Waals surface area (Å²) in [5, 5.41) is 2.18. The molecule has 0 aromatic heterocycles. The molecule has 0 saturated carbocycles. The van der Waals surface area contributed by atoms with E-state index < -0.39 is 0 Å². The number of nitrogens with zero attached hydrogens (tertiary/aromatic N) is 1. The van der Waals surface area contributed by atoms with E-state index in [0.717, 1.165) is 0 Å². The largest absolute Gasteiger partial charge is 0.277 e. The lowest BCUT2D eigenvalue weighted by Gasteiger charge is -2.28. The molecule has 0 unspecified atom stereocenters. The predicted octanol–water partition coefficient (Wildman–Crippen LogP) is 4.13. The SMILES string of the molecule is CC[C@@H]1C=CC(N(NC)c2ccccc2)=C1C(C)C. The van der Waals surface area contributed by atoms with Crippen molar-refractivity contribution in [3.8, 4) is 0 Å². The highest BCUT2D eigenvalue weighted by molar-refractivity contribution is 5.57. The van der Waals surface area contributed by atoms with E-state index in [1.54, 1.807) is 0 Å². The Hall–Kier alpha value is -1.54. The molecule has 0 spiro atoms. The number of allylic oxidation sites excluding steroid dienone is 3. The fourth-order valence-electron chi connectivity index (χ4n) is 2.85. The molecule has 1 aromatic carbocycles. The molecule has 1 atom stereocenters. The Morgan fingerprint density at radius 3 is 2.42 bits per heavy atom. The average Bonchev–Trinajstić information content (AvgIpc) is 2.85. The van der Waals surface area contributed by atoms with Crippen LogP contribution in [0, 0.1) is 11.8 Å². The summed E-state index contributed by atoms with van der Waals surface area (Å²) in [6, 6.07) is 10.5. The van der Waals surface area contributed by atoms with E-state index in [4.69, 9.17) is 0 Å². The summed E-state index contributed by atoms with van der Waals surface area (Å²) in [4.78, 5) is 0. The molecule has 2 nitrogen and oxygen atoms in total. The lowest BCUT2D eigenvalue weighted by atomic mass is 9.90. The lowest BCUT2D eigenvalue weighted by Crippen LogP contribution is -2.34. The van der Waals surface area contributed by atoms with Gasteiger partial charge in [-0.1, -0.05) is 45.0 Å². The number of rotatable bonds is 5. The summed E-state index contributed by atoms with van der Waals surface area (Å²) in [6.45, 7) is 6.82. The highest BCUT2D eigenvalue weighted by Crippen LogP contribution is 2.35. The minimum absolute atomic E-state index is 0.564. The number of hydrogen-bond acceptors (Lipinski definition) is 2. The molecular weight excluding hydrogens is 232 g/mol. The molecule has 0 aliphatic heterocycles. The van der Waals surface area contributed by atoms with Gasteiger partial charge < -0.3 is 0 Å². The van der Waals surface area contributed by atoms with Gasteiger partial charge in [0.1, 0.15) is 0 Å². The van der Waals surface area contributed by atoms with Crippen molar-refractivity contribution in [1.82, 2.24) is 5.43 Å². The summed E-state index contributed by atoms with van der Waals surface area (Å²) in [7, 11) is 1.98. The van der Waals surface area contributed by atoms with Crippen molar-refractivity contribution in [2.24, 2.45) is 11.8 Å². The van der Waals surface area contributed by atoms with Crippen molar-refractivity contribution < 1.29 is 0 Å². The summed E-state index contributed by atoms with van der Waals surface area (Å²) in [5.74, 6) is 1.14. The third-order valence-electron chi connectivity index (χ3n) is 3.72. The molecule has 0 heterocycles. The molecule has 102 valence electrons. The number of anilines is 1. The monoisotopic (exact) mass is 256 g/mol. The number of nitrogens with one attached hydrogen (secondary N) is 1. The van der Waals surface area contributed by atoms with Gasteiger partial charge in [-0.3, -0.25) is 5.01 Å². The summed E-state index contributed by atoms with van der Waals surface area (Å²) < 4.78 is 0. The first kappa shape index (κ1) is 13.9. The predicted molar refractivity (Wildman–Crippen MR) is 82.8 cm³/mol. The number of para-hydroxylation sites is 1. The van der Waals surface area contributed by atoms with Gasteiger partial charge in [0, 0.05) is 13.0 Å². The van der Waals surface area contributed by atoms with Crippen molar-refractivity contribution in [1.29, 1.82) is 0 Å². The first-order chi connectivity index (χ1) is 9.19. The quantitative estimate of drug-likeness (QED) is 0.797. The van der Waals surface area contributed by atoms with Crippen molar-refractivity contribution >= 4 is 5.69 Å². The highest BCUT2D eigenvalue weighted by atomic mass is 15.5. The van der Waals surface area contributed by atoms with E-state index in [9.17, 15) is 0 Å². The second kappa shape index (κ2) is 6.07. The van der Waals surface area contributed by atoms with Crippen LogP contribution in [0.15, 0.2) is 53.8 Å². The fourth-order valence-corrected chi connectivity index (χ4v) is 2.85. The third-order valence-corrected chi connectivity index (χ3v) is 3.72. The maximum absolute atomic E-state index is 3.31. The Kier molecular flexibility index (Phi) is 4.43. The molecule has 19 heavy (non-hydrogen) atoms. The van der Waals surface area contributed by atoms with Gasteiger partial charge in [-0.25, -0.2) is 5.43 Å². The Morgan fingerprint density at radius 1 is 1.21 bits per heavy atom. The maximum atomic E-state index is 3.31. The normalized spacial score (nSPS) is 18.5. The number of benzene rings is 1. The minimum Gasteiger partial charge on any atom is -0.277 e. The van der Waals surface area contributed by atoms with E-state index in [2.05, 4.69) is 73.7 Å². The molecule has 0 amide bonds. The van der Waals surface area contributed by atoms with Crippen LogP contribution in [0.3, 0.4) is 0 Å². The van der Waals surface area contributed by atoms with Crippen LogP contribution in [0.4, 0.5) is 5.69 Å². The molecule has 0 fully saturated rings. The van der Waals surface area contributed by atoms with Crippen LogP contribution in [0.5, 0.6) is 0 Å². The van der Waals surface area contributed by atoms with E-state index in [1.165, 1.54) is 23.4 Å². The Morgan fingerprint density at radius 2 is 1.89 bits per heavy atom. The molecule has 2 heteroatoms. The van der Waals surface area contributed by atoms with Gasteiger partial charge in [0.2, 0.25) is 0 Å². The summed E-state index contributed by atoms with van der Waals surface area (Å²) in [5.41, 5.74) is 7.32. The van der Waals surface area contributed by atoms with Crippen LogP contribution in [0.2, 0.25) is 0 Å². The molecule has 0 radical (unpaired) electrons. The van der Waals surface area contributed by atoms with Gasteiger partial charge >= 0.3 is 0 Å². The van der Waals surface area contributed by atoms with Crippen LogP contribution in [-0.2, 0) is 0 Å². The van der Waals surface area contributed by atoms with E-state index >= 15 is 0 Å². The van der Waals surface area contributed by atoms with Gasteiger partial charge in [-0.2, -0.15) is 0 Å². The van der Waals surface area contributed by atoms with E-state index in [-0.39, 0.29) is 0 Å². The Labute approximate surface area is 116 Å². The molecule has 0 saturated heterocycles. The molecule has 2 rings (SSSR count). The second-order valence-electron chi connectivity index (χ2n) is 5.26. The van der Waals surface area contributed by atoms with E-state index in [1.807, 2.05) is 7.05 Å². The fraction of sp³-hybridized carbons (Fsp3) is 0.412. The van der Waals surface area contributed by atoms with Crippen LogP contribution < -0.4 is 10.4 Å². The third kappa shape index (κ3) is 2.74. The van der Waals surface area contributed by atoms with Gasteiger partial charge in [0.05, 0.1) is 11.4 Å². The van der Waals surface area contributed by atoms with Crippen molar-refractivity contribution in [2.75, 3.05) is 12.1 Å². The first-order valence-corrected chi connectivity index (χ1v) is 7.13. The molecule has 0 bridgehead atoms. The summed E-state index contributed by atoms with van der Waals surface area (Å²) in [6.07, 6.45) is 5.75. The Bertz CT molecular complexity index is 471. The average molecular weight is 256 g/mol. The van der Waals surface area contributed by atoms with Crippen molar-refractivity contribution in [2.45, 2.75) is 27.2 Å². The smallest absolute Gasteiger partial charge is 0.0577 e. The highest BCUT2D eigenvalue weighted by Gasteiger charge is 2.25. The van der Waals surface area contributed by atoms with Gasteiger partial charge in [0.15, 0.2) is 0 Å². The van der Waals surface area contributed by atoms with Crippen LogP contribution >= 0.6 is 0 Å². The molecule has 1 aliphatic carbocycles.